The minimum atomic E-state index is -0.542. The molecule has 0 spiro atoms. The van der Waals surface area contributed by atoms with Crippen LogP contribution in [-0.2, 0) is 6.54 Å². The van der Waals surface area contributed by atoms with Gasteiger partial charge in [-0.3, -0.25) is 9.78 Å². The van der Waals surface area contributed by atoms with E-state index in [1.54, 1.807) is 42.6 Å². The summed E-state index contributed by atoms with van der Waals surface area (Å²) in [6.07, 6.45) is 3.10. The smallest absolute Gasteiger partial charge is 0.251 e. The van der Waals surface area contributed by atoms with E-state index in [1.165, 1.54) is 12.1 Å². The van der Waals surface area contributed by atoms with Crippen LogP contribution in [0, 0.1) is 5.82 Å². The summed E-state index contributed by atoms with van der Waals surface area (Å²) >= 11 is 11.0. The van der Waals surface area contributed by atoms with Gasteiger partial charge in [-0.2, -0.15) is 0 Å². The SMILES string of the molecule is O=C(NCc1cccc(OCC=C(Cl)Cl)c1F)c1ccc2ncccc2c1. The molecule has 7 heteroatoms. The fourth-order valence-corrected chi connectivity index (χ4v) is 2.62. The van der Waals surface area contributed by atoms with Gasteiger partial charge in [-0.25, -0.2) is 4.39 Å². The molecule has 1 N–H and O–H groups in total. The summed E-state index contributed by atoms with van der Waals surface area (Å²) in [5.74, 6) is -0.785. The van der Waals surface area contributed by atoms with Gasteiger partial charge in [0, 0.05) is 29.3 Å². The second kappa shape index (κ2) is 8.84. The Morgan fingerprint density at radius 2 is 2.04 bits per heavy atom. The molecule has 2 aromatic carbocycles. The number of pyridine rings is 1. The van der Waals surface area contributed by atoms with Gasteiger partial charge in [0.25, 0.3) is 5.91 Å². The van der Waals surface area contributed by atoms with Crippen molar-refractivity contribution in [1.29, 1.82) is 0 Å². The number of benzene rings is 2. The second-order valence-electron chi connectivity index (χ2n) is 5.63. The van der Waals surface area contributed by atoms with Gasteiger partial charge in [0.1, 0.15) is 11.1 Å². The zero-order valence-electron chi connectivity index (χ0n) is 14.1. The lowest BCUT2D eigenvalue weighted by atomic mass is 10.1. The van der Waals surface area contributed by atoms with Gasteiger partial charge in [-0.05, 0) is 36.4 Å². The van der Waals surface area contributed by atoms with Crippen LogP contribution in [-0.4, -0.2) is 17.5 Å². The zero-order valence-corrected chi connectivity index (χ0v) is 15.6. The van der Waals surface area contributed by atoms with Crippen molar-refractivity contribution in [3.63, 3.8) is 0 Å². The lowest BCUT2D eigenvalue weighted by Gasteiger charge is -2.10. The van der Waals surface area contributed by atoms with E-state index in [0.717, 1.165) is 10.9 Å². The molecule has 0 bridgehead atoms. The zero-order chi connectivity index (χ0) is 19.2. The fourth-order valence-electron chi connectivity index (χ4n) is 2.49. The third kappa shape index (κ3) is 4.96. The first-order chi connectivity index (χ1) is 13.0. The number of rotatable bonds is 6. The molecule has 0 aliphatic heterocycles. The molecule has 0 saturated carbocycles. The van der Waals surface area contributed by atoms with Gasteiger partial charge in [-0.1, -0.05) is 41.4 Å². The molecule has 0 unspecified atom stereocenters. The van der Waals surface area contributed by atoms with E-state index in [9.17, 15) is 9.18 Å². The number of nitrogens with one attached hydrogen (secondary N) is 1. The highest BCUT2D eigenvalue weighted by molar-refractivity contribution is 6.55. The Kier molecular flexibility index (Phi) is 6.27. The Bertz CT molecular complexity index is 1000. The fraction of sp³-hybridized carbons (Fsp3) is 0.100. The van der Waals surface area contributed by atoms with Crippen molar-refractivity contribution in [2.24, 2.45) is 0 Å². The molecule has 3 aromatic rings. The predicted molar refractivity (Wildman–Crippen MR) is 105 cm³/mol. The van der Waals surface area contributed by atoms with Gasteiger partial charge >= 0.3 is 0 Å². The van der Waals surface area contributed by atoms with Crippen LogP contribution < -0.4 is 10.1 Å². The van der Waals surface area contributed by atoms with Crippen molar-refractivity contribution >= 4 is 40.0 Å². The molecule has 1 aromatic heterocycles. The topological polar surface area (TPSA) is 51.2 Å². The van der Waals surface area contributed by atoms with Crippen molar-refractivity contribution < 1.29 is 13.9 Å². The summed E-state index contributed by atoms with van der Waals surface area (Å²) in [4.78, 5) is 16.6. The minimum Gasteiger partial charge on any atom is -0.486 e. The quantitative estimate of drug-likeness (QED) is 0.628. The molecular formula is C20H15Cl2FN2O2. The van der Waals surface area contributed by atoms with E-state index in [1.807, 2.05) is 6.07 Å². The molecule has 4 nitrogen and oxygen atoms in total. The number of aromatic nitrogens is 1. The molecule has 27 heavy (non-hydrogen) atoms. The summed E-state index contributed by atoms with van der Waals surface area (Å²) in [7, 11) is 0. The monoisotopic (exact) mass is 404 g/mol. The molecule has 0 aliphatic rings. The number of carbonyl (C=O) groups is 1. The number of amides is 1. The van der Waals surface area contributed by atoms with Gasteiger partial charge in [0.05, 0.1) is 5.52 Å². The maximum Gasteiger partial charge on any atom is 0.251 e. The van der Waals surface area contributed by atoms with Gasteiger partial charge in [0.15, 0.2) is 11.6 Å². The summed E-state index contributed by atoms with van der Waals surface area (Å²) in [6, 6.07) is 13.6. The molecule has 0 saturated heterocycles. The Morgan fingerprint density at radius 1 is 1.19 bits per heavy atom. The average Bonchev–Trinajstić information content (AvgIpc) is 2.67. The van der Waals surface area contributed by atoms with Gasteiger partial charge < -0.3 is 10.1 Å². The highest BCUT2D eigenvalue weighted by atomic mass is 35.5. The highest BCUT2D eigenvalue weighted by Crippen LogP contribution is 2.21. The molecule has 0 aliphatic carbocycles. The van der Waals surface area contributed by atoms with Crippen molar-refractivity contribution in [3.8, 4) is 5.75 Å². The van der Waals surface area contributed by atoms with Crippen molar-refractivity contribution in [2.45, 2.75) is 6.54 Å². The Hall–Kier alpha value is -2.63. The number of carbonyl (C=O) groups excluding carboxylic acids is 1. The number of hydrogen-bond acceptors (Lipinski definition) is 3. The molecule has 3 rings (SSSR count). The van der Waals surface area contributed by atoms with Crippen LogP contribution in [0.15, 0.2) is 65.3 Å². The summed E-state index contributed by atoms with van der Waals surface area (Å²) < 4.78 is 19.8. The largest absolute Gasteiger partial charge is 0.486 e. The molecule has 0 fully saturated rings. The molecular weight excluding hydrogens is 390 g/mol. The molecule has 0 radical (unpaired) electrons. The van der Waals surface area contributed by atoms with Gasteiger partial charge in [0.2, 0.25) is 0 Å². The third-order valence-electron chi connectivity index (χ3n) is 3.82. The summed E-state index contributed by atoms with van der Waals surface area (Å²) in [5.41, 5.74) is 1.59. The van der Waals surface area contributed by atoms with E-state index in [0.29, 0.717) is 11.1 Å². The number of halogens is 3. The van der Waals surface area contributed by atoms with E-state index < -0.39 is 5.82 Å². The molecule has 1 amide bonds. The average molecular weight is 405 g/mol. The van der Waals surface area contributed by atoms with E-state index in [-0.39, 0.29) is 29.3 Å². The Balaban J connectivity index is 1.68. The van der Waals surface area contributed by atoms with Crippen LogP contribution >= 0.6 is 23.2 Å². The number of ether oxygens (including phenoxy) is 1. The Labute approximate surface area is 165 Å². The molecule has 138 valence electrons. The highest BCUT2D eigenvalue weighted by Gasteiger charge is 2.12. The van der Waals surface area contributed by atoms with Crippen LogP contribution in [0.3, 0.4) is 0 Å². The van der Waals surface area contributed by atoms with Crippen molar-refractivity contribution in [2.75, 3.05) is 6.61 Å². The lowest BCUT2D eigenvalue weighted by molar-refractivity contribution is 0.0950. The number of nitrogens with zero attached hydrogens (tertiary/aromatic N) is 1. The summed E-state index contributed by atoms with van der Waals surface area (Å²) in [6.45, 7) is 0.0687. The molecule has 1 heterocycles. The van der Waals surface area contributed by atoms with Crippen LogP contribution in [0.2, 0.25) is 0 Å². The maximum atomic E-state index is 14.5. The first kappa shape index (κ1) is 19.1. The van der Waals surface area contributed by atoms with Crippen LogP contribution in [0.25, 0.3) is 10.9 Å². The number of hydrogen-bond donors (Lipinski definition) is 1. The maximum absolute atomic E-state index is 14.5. The second-order valence-corrected chi connectivity index (χ2v) is 6.64. The summed E-state index contributed by atoms with van der Waals surface area (Å²) in [5, 5.41) is 3.57. The van der Waals surface area contributed by atoms with Crippen LogP contribution in [0.4, 0.5) is 4.39 Å². The van der Waals surface area contributed by atoms with E-state index in [2.05, 4.69) is 10.3 Å². The first-order valence-electron chi connectivity index (χ1n) is 8.09. The van der Waals surface area contributed by atoms with E-state index in [4.69, 9.17) is 27.9 Å². The lowest BCUT2D eigenvalue weighted by Crippen LogP contribution is -2.23. The third-order valence-corrected chi connectivity index (χ3v) is 4.13. The Morgan fingerprint density at radius 3 is 2.85 bits per heavy atom. The van der Waals surface area contributed by atoms with Crippen molar-refractivity contribution in [3.05, 3.63) is 82.2 Å². The van der Waals surface area contributed by atoms with Crippen LogP contribution in [0.1, 0.15) is 15.9 Å². The van der Waals surface area contributed by atoms with E-state index >= 15 is 0 Å². The molecule has 0 atom stereocenters. The van der Waals surface area contributed by atoms with Crippen LogP contribution in [0.5, 0.6) is 5.75 Å². The van der Waals surface area contributed by atoms with Gasteiger partial charge in [-0.15, -0.1) is 0 Å². The normalized spacial score (nSPS) is 10.5. The minimum absolute atomic E-state index is 0.0268. The number of fused-ring (bicyclic) bond motifs is 1. The first-order valence-corrected chi connectivity index (χ1v) is 8.84. The standard InChI is InChI=1S/C20H15Cl2FN2O2/c21-18(22)8-10-27-17-5-1-3-15(19(17)23)12-25-20(26)14-6-7-16-13(11-14)4-2-9-24-16/h1-9,11H,10,12H2,(H,25,26). The predicted octanol–water partition coefficient (Wildman–Crippen LogP) is 5.00. The van der Waals surface area contributed by atoms with Crippen molar-refractivity contribution in [1.82, 2.24) is 10.3 Å².